The largest absolute Gasteiger partial charge is 0.469 e. The van der Waals surface area contributed by atoms with Crippen molar-refractivity contribution in [1.82, 2.24) is 10.1 Å². The summed E-state index contributed by atoms with van der Waals surface area (Å²) < 4.78 is 10.4. The van der Waals surface area contributed by atoms with Gasteiger partial charge in [0.05, 0.1) is 17.9 Å². The topological polar surface area (TPSA) is 78.1 Å². The molecule has 2 aromatic rings. The van der Waals surface area contributed by atoms with E-state index in [2.05, 4.69) is 10.1 Å². The van der Waals surface area contributed by atoms with E-state index < -0.39 is 0 Å². The van der Waals surface area contributed by atoms with Gasteiger partial charge in [-0.15, -0.1) is 0 Å². The average molecular weight is 219 g/mol. The Kier molecular flexibility index (Phi) is 2.07. The van der Waals surface area contributed by atoms with Crippen molar-refractivity contribution < 1.29 is 8.94 Å². The first-order chi connectivity index (χ1) is 7.75. The number of nitrogens with zero attached hydrogens (tertiary/aromatic N) is 2. The lowest BCUT2D eigenvalue weighted by Crippen LogP contribution is -2.13. The Labute approximate surface area is 92.6 Å². The van der Waals surface area contributed by atoms with Crippen LogP contribution in [0.2, 0.25) is 0 Å². The van der Waals surface area contributed by atoms with Crippen LogP contribution in [0.4, 0.5) is 0 Å². The summed E-state index contributed by atoms with van der Waals surface area (Å²) in [6, 6.07) is 1.72. The van der Waals surface area contributed by atoms with E-state index in [0.717, 1.165) is 24.2 Å². The van der Waals surface area contributed by atoms with E-state index in [-0.39, 0.29) is 6.04 Å². The van der Waals surface area contributed by atoms with Crippen LogP contribution in [-0.4, -0.2) is 10.1 Å². The minimum atomic E-state index is -0.0929. The Bertz CT molecular complexity index is 499. The molecule has 0 amide bonds. The van der Waals surface area contributed by atoms with Crippen LogP contribution in [0.15, 0.2) is 21.3 Å². The minimum absolute atomic E-state index is 0.0929. The fourth-order valence-corrected chi connectivity index (χ4v) is 1.75. The second kappa shape index (κ2) is 3.45. The molecule has 0 aromatic carbocycles. The fraction of sp³-hybridized carbons (Fsp3) is 0.455. The molecule has 3 rings (SSSR count). The first-order valence-corrected chi connectivity index (χ1v) is 5.39. The number of hydrogen-bond donors (Lipinski definition) is 1. The highest BCUT2D eigenvalue weighted by atomic mass is 16.5. The molecular weight excluding hydrogens is 206 g/mol. The molecule has 84 valence electrons. The second-order valence-electron chi connectivity index (χ2n) is 4.21. The van der Waals surface area contributed by atoms with Crippen LogP contribution in [0.3, 0.4) is 0 Å². The van der Waals surface area contributed by atoms with Gasteiger partial charge in [0, 0.05) is 0 Å². The van der Waals surface area contributed by atoms with Gasteiger partial charge in [-0.05, 0) is 31.7 Å². The average Bonchev–Trinajstić information content (AvgIpc) is 2.86. The molecule has 0 radical (unpaired) electrons. The Morgan fingerprint density at radius 2 is 2.31 bits per heavy atom. The summed E-state index contributed by atoms with van der Waals surface area (Å²) in [7, 11) is 0. The molecule has 5 nitrogen and oxygen atoms in total. The number of rotatable bonds is 3. The molecule has 0 saturated heterocycles. The normalized spacial score (nSPS) is 17.6. The quantitative estimate of drug-likeness (QED) is 0.854. The van der Waals surface area contributed by atoms with E-state index >= 15 is 0 Å². The lowest BCUT2D eigenvalue weighted by atomic mass is 10.2. The number of furan rings is 1. The zero-order valence-electron chi connectivity index (χ0n) is 9.01. The molecule has 2 N–H and O–H groups in total. The van der Waals surface area contributed by atoms with Crippen molar-refractivity contribution in [3.63, 3.8) is 0 Å². The standard InChI is InChI=1S/C11H13N3O2/c1-6-8(4-5-15-6)11-13-10(14-16-11)9(12)7-2-3-7/h4-5,7,9H,2-3,12H2,1H3. The summed E-state index contributed by atoms with van der Waals surface area (Å²) in [5.41, 5.74) is 6.83. The van der Waals surface area contributed by atoms with Gasteiger partial charge >= 0.3 is 0 Å². The van der Waals surface area contributed by atoms with E-state index in [0.29, 0.717) is 17.6 Å². The number of aromatic nitrogens is 2. The smallest absolute Gasteiger partial charge is 0.261 e. The van der Waals surface area contributed by atoms with Crippen LogP contribution in [-0.2, 0) is 0 Å². The summed E-state index contributed by atoms with van der Waals surface area (Å²) in [4.78, 5) is 4.31. The van der Waals surface area contributed by atoms with Crippen LogP contribution >= 0.6 is 0 Å². The van der Waals surface area contributed by atoms with Crippen molar-refractivity contribution in [2.75, 3.05) is 0 Å². The van der Waals surface area contributed by atoms with Crippen LogP contribution in [0, 0.1) is 12.8 Å². The van der Waals surface area contributed by atoms with Crippen molar-refractivity contribution in [3.05, 3.63) is 23.9 Å². The van der Waals surface area contributed by atoms with E-state index in [1.807, 2.05) is 13.0 Å². The Hall–Kier alpha value is -1.62. The van der Waals surface area contributed by atoms with Gasteiger partial charge in [-0.3, -0.25) is 0 Å². The van der Waals surface area contributed by atoms with E-state index in [1.165, 1.54) is 0 Å². The Balaban J connectivity index is 1.90. The summed E-state index contributed by atoms with van der Waals surface area (Å²) in [6.45, 7) is 1.86. The van der Waals surface area contributed by atoms with Crippen LogP contribution in [0.5, 0.6) is 0 Å². The third-order valence-corrected chi connectivity index (χ3v) is 2.96. The Morgan fingerprint density at radius 1 is 1.50 bits per heavy atom. The van der Waals surface area contributed by atoms with Gasteiger partial charge < -0.3 is 14.7 Å². The van der Waals surface area contributed by atoms with E-state index in [1.54, 1.807) is 6.26 Å². The highest BCUT2D eigenvalue weighted by molar-refractivity contribution is 5.54. The lowest BCUT2D eigenvalue weighted by molar-refractivity contribution is 0.410. The van der Waals surface area contributed by atoms with Crippen LogP contribution in [0.1, 0.15) is 30.5 Å². The van der Waals surface area contributed by atoms with Gasteiger partial charge in [0.1, 0.15) is 5.76 Å². The van der Waals surface area contributed by atoms with Gasteiger partial charge in [0.25, 0.3) is 5.89 Å². The number of aryl methyl sites for hydroxylation is 1. The molecular formula is C11H13N3O2. The van der Waals surface area contributed by atoms with Crippen molar-refractivity contribution in [1.29, 1.82) is 0 Å². The molecule has 1 saturated carbocycles. The molecule has 1 aliphatic carbocycles. The SMILES string of the molecule is Cc1occc1-c1nc(C(N)C2CC2)no1. The molecule has 1 atom stereocenters. The molecule has 1 aliphatic rings. The third kappa shape index (κ3) is 1.53. The van der Waals surface area contributed by atoms with Crippen LogP contribution in [0.25, 0.3) is 11.5 Å². The molecule has 0 spiro atoms. The van der Waals surface area contributed by atoms with E-state index in [4.69, 9.17) is 14.7 Å². The first kappa shape index (κ1) is 9.59. The molecule has 1 fully saturated rings. The lowest BCUT2D eigenvalue weighted by Gasteiger charge is -2.01. The van der Waals surface area contributed by atoms with Gasteiger partial charge in [0.15, 0.2) is 5.82 Å². The highest BCUT2D eigenvalue weighted by Crippen LogP contribution is 2.38. The minimum Gasteiger partial charge on any atom is -0.469 e. The second-order valence-corrected chi connectivity index (χ2v) is 4.21. The summed E-state index contributed by atoms with van der Waals surface area (Å²) in [6.07, 6.45) is 3.93. The summed E-state index contributed by atoms with van der Waals surface area (Å²) in [5, 5.41) is 3.92. The third-order valence-electron chi connectivity index (χ3n) is 2.96. The summed E-state index contributed by atoms with van der Waals surface area (Å²) >= 11 is 0. The molecule has 2 heterocycles. The maximum atomic E-state index is 6.00. The molecule has 0 bridgehead atoms. The van der Waals surface area contributed by atoms with Gasteiger partial charge in [0.2, 0.25) is 0 Å². The van der Waals surface area contributed by atoms with Crippen molar-refractivity contribution in [2.45, 2.75) is 25.8 Å². The van der Waals surface area contributed by atoms with Crippen molar-refractivity contribution in [3.8, 4) is 11.5 Å². The maximum absolute atomic E-state index is 6.00. The number of hydrogen-bond acceptors (Lipinski definition) is 5. The molecule has 16 heavy (non-hydrogen) atoms. The molecule has 0 aliphatic heterocycles. The van der Waals surface area contributed by atoms with Crippen molar-refractivity contribution in [2.24, 2.45) is 11.7 Å². The van der Waals surface area contributed by atoms with Gasteiger partial charge in [-0.2, -0.15) is 4.98 Å². The highest BCUT2D eigenvalue weighted by Gasteiger charge is 2.32. The fourth-order valence-electron chi connectivity index (χ4n) is 1.75. The van der Waals surface area contributed by atoms with Gasteiger partial charge in [-0.1, -0.05) is 5.16 Å². The molecule has 2 aromatic heterocycles. The number of nitrogens with two attached hydrogens (primary N) is 1. The monoisotopic (exact) mass is 219 g/mol. The van der Waals surface area contributed by atoms with Crippen molar-refractivity contribution >= 4 is 0 Å². The zero-order valence-corrected chi connectivity index (χ0v) is 9.01. The zero-order chi connectivity index (χ0) is 11.1. The van der Waals surface area contributed by atoms with Crippen LogP contribution < -0.4 is 5.73 Å². The van der Waals surface area contributed by atoms with Gasteiger partial charge in [-0.25, -0.2) is 0 Å². The maximum Gasteiger partial charge on any atom is 0.261 e. The van der Waals surface area contributed by atoms with E-state index in [9.17, 15) is 0 Å². The Morgan fingerprint density at radius 3 is 2.94 bits per heavy atom. The molecule has 1 unspecified atom stereocenters. The summed E-state index contributed by atoms with van der Waals surface area (Å²) in [5.74, 6) is 2.38. The first-order valence-electron chi connectivity index (χ1n) is 5.39. The predicted octanol–water partition coefficient (Wildman–Crippen LogP) is 2.05. The molecule has 5 heteroatoms. The predicted molar refractivity (Wildman–Crippen MR) is 56.4 cm³/mol.